The van der Waals surface area contributed by atoms with E-state index in [2.05, 4.69) is 10.2 Å². The average molecular weight is 521 g/mol. The fourth-order valence-electron chi connectivity index (χ4n) is 4.82. The van der Waals surface area contributed by atoms with Crippen LogP contribution in [0.1, 0.15) is 36.9 Å². The lowest BCUT2D eigenvalue weighted by Crippen LogP contribution is -2.48. The molecule has 2 aliphatic heterocycles. The van der Waals surface area contributed by atoms with Gasteiger partial charge in [-0.2, -0.15) is 0 Å². The van der Waals surface area contributed by atoms with Crippen molar-refractivity contribution >= 4 is 5.91 Å². The maximum Gasteiger partial charge on any atom is 0.262 e. The molecule has 0 aliphatic carbocycles. The fraction of sp³-hybridized carbons (Fsp3) is 0.367. The normalized spacial score (nSPS) is 17.8. The van der Waals surface area contributed by atoms with Crippen LogP contribution in [0, 0.1) is 5.82 Å². The Morgan fingerprint density at radius 3 is 2.71 bits per heavy atom. The summed E-state index contributed by atoms with van der Waals surface area (Å²) in [6, 6.07) is 21.3. The molecule has 1 saturated heterocycles. The van der Waals surface area contributed by atoms with Gasteiger partial charge in [0.1, 0.15) is 11.6 Å². The summed E-state index contributed by atoms with van der Waals surface area (Å²) >= 11 is 0. The van der Waals surface area contributed by atoms with Gasteiger partial charge in [-0.3, -0.25) is 9.69 Å². The molecule has 1 fully saturated rings. The third kappa shape index (κ3) is 6.82. The van der Waals surface area contributed by atoms with E-state index in [0.29, 0.717) is 24.6 Å². The van der Waals surface area contributed by atoms with Crippen LogP contribution in [0.5, 0.6) is 17.2 Å². The maximum atomic E-state index is 14.0. The number of halogens is 1. The minimum absolute atomic E-state index is 0.0742. The number of hydrogen-bond donors (Lipinski definition) is 1. The van der Waals surface area contributed by atoms with Crippen molar-refractivity contribution in [2.75, 3.05) is 26.5 Å². The van der Waals surface area contributed by atoms with Crippen molar-refractivity contribution in [3.63, 3.8) is 0 Å². The van der Waals surface area contributed by atoms with Gasteiger partial charge in [-0.25, -0.2) is 4.39 Å². The lowest BCUT2D eigenvalue weighted by Gasteiger charge is -2.30. The molecule has 1 N–H and O–H groups in total. The molecule has 3 aromatic carbocycles. The molecular formula is C30H33FN2O5. The molecule has 38 heavy (non-hydrogen) atoms. The number of fused-ring (bicyclic) bond motifs is 1. The van der Waals surface area contributed by atoms with Crippen molar-refractivity contribution in [3.05, 3.63) is 89.7 Å². The van der Waals surface area contributed by atoms with Gasteiger partial charge in [-0.15, -0.1) is 0 Å². The van der Waals surface area contributed by atoms with Crippen molar-refractivity contribution in [1.82, 2.24) is 10.2 Å². The maximum absolute atomic E-state index is 14.0. The van der Waals surface area contributed by atoms with Crippen molar-refractivity contribution in [2.24, 2.45) is 0 Å². The third-order valence-corrected chi connectivity index (χ3v) is 6.78. The van der Waals surface area contributed by atoms with Crippen LogP contribution in [0.2, 0.25) is 0 Å². The fourth-order valence-corrected chi connectivity index (χ4v) is 4.82. The number of benzene rings is 3. The van der Waals surface area contributed by atoms with Gasteiger partial charge >= 0.3 is 0 Å². The number of amides is 1. The average Bonchev–Trinajstić information content (AvgIpc) is 3.60. The summed E-state index contributed by atoms with van der Waals surface area (Å²) in [6.07, 6.45) is 1.18. The van der Waals surface area contributed by atoms with Crippen LogP contribution in [-0.4, -0.2) is 49.5 Å². The van der Waals surface area contributed by atoms with E-state index in [1.165, 1.54) is 12.1 Å². The van der Waals surface area contributed by atoms with E-state index < -0.39 is 11.9 Å². The zero-order valence-corrected chi connectivity index (χ0v) is 21.5. The Morgan fingerprint density at radius 1 is 1.08 bits per heavy atom. The molecule has 0 aromatic heterocycles. The highest BCUT2D eigenvalue weighted by Gasteiger charge is 2.28. The second-order valence-electron chi connectivity index (χ2n) is 9.72. The topological polar surface area (TPSA) is 69.3 Å². The number of ether oxygens (including phenoxy) is 4. The molecule has 3 unspecified atom stereocenters. The van der Waals surface area contributed by atoms with Crippen molar-refractivity contribution in [2.45, 2.75) is 44.6 Å². The highest BCUT2D eigenvalue weighted by atomic mass is 19.1. The Bertz CT molecular complexity index is 1220. The van der Waals surface area contributed by atoms with Crippen molar-refractivity contribution < 1.29 is 28.1 Å². The van der Waals surface area contributed by atoms with Crippen molar-refractivity contribution in [1.29, 1.82) is 0 Å². The molecule has 1 amide bonds. The van der Waals surface area contributed by atoms with Crippen LogP contribution in [0.15, 0.2) is 72.8 Å². The van der Waals surface area contributed by atoms with Gasteiger partial charge in [0.2, 0.25) is 6.79 Å². The van der Waals surface area contributed by atoms with Crippen LogP contribution in [0.25, 0.3) is 0 Å². The Balaban J connectivity index is 1.36. The summed E-state index contributed by atoms with van der Waals surface area (Å²) in [7, 11) is 0. The summed E-state index contributed by atoms with van der Waals surface area (Å²) in [4.78, 5) is 15.7. The Kier molecular flexibility index (Phi) is 8.41. The van der Waals surface area contributed by atoms with Gasteiger partial charge in [0.05, 0.1) is 12.1 Å². The first kappa shape index (κ1) is 26.0. The largest absolute Gasteiger partial charge is 0.479 e. The lowest BCUT2D eigenvalue weighted by atomic mass is 10.1. The molecule has 7 nitrogen and oxygen atoms in total. The summed E-state index contributed by atoms with van der Waals surface area (Å²) in [5, 5.41) is 3.08. The smallest absolute Gasteiger partial charge is 0.262 e. The number of nitrogens with one attached hydrogen (secondary N) is 1. The quantitative estimate of drug-likeness (QED) is 0.390. The Morgan fingerprint density at radius 2 is 1.92 bits per heavy atom. The predicted molar refractivity (Wildman–Crippen MR) is 141 cm³/mol. The lowest BCUT2D eigenvalue weighted by molar-refractivity contribution is -0.129. The van der Waals surface area contributed by atoms with E-state index in [9.17, 15) is 9.18 Å². The van der Waals surface area contributed by atoms with Crippen LogP contribution < -0.4 is 19.5 Å². The molecule has 0 bridgehead atoms. The highest BCUT2D eigenvalue weighted by molar-refractivity contribution is 5.81. The van der Waals surface area contributed by atoms with Crippen LogP contribution in [-0.2, 0) is 16.1 Å². The van der Waals surface area contributed by atoms with Gasteiger partial charge in [-0.05, 0) is 55.2 Å². The number of nitrogens with zero attached hydrogens (tertiary/aromatic N) is 1. The minimum Gasteiger partial charge on any atom is -0.479 e. The van der Waals surface area contributed by atoms with Gasteiger partial charge in [0.25, 0.3) is 5.91 Å². The summed E-state index contributed by atoms with van der Waals surface area (Å²) in [5.41, 5.74) is 2.01. The zero-order chi connectivity index (χ0) is 26.3. The molecule has 2 heterocycles. The van der Waals surface area contributed by atoms with E-state index >= 15 is 0 Å². The Labute approximate surface area is 222 Å². The molecule has 8 heteroatoms. The molecule has 0 saturated carbocycles. The predicted octanol–water partition coefficient (Wildman–Crippen LogP) is 4.86. The van der Waals surface area contributed by atoms with Gasteiger partial charge in [0.15, 0.2) is 17.6 Å². The van der Waals surface area contributed by atoms with Gasteiger partial charge in [0, 0.05) is 32.3 Å². The minimum atomic E-state index is -0.877. The second-order valence-corrected chi connectivity index (χ2v) is 9.72. The molecular weight excluding hydrogens is 487 g/mol. The third-order valence-electron chi connectivity index (χ3n) is 6.78. The second kappa shape index (κ2) is 12.3. The molecule has 0 spiro atoms. The van der Waals surface area contributed by atoms with E-state index in [0.717, 1.165) is 36.3 Å². The van der Waals surface area contributed by atoms with E-state index in [4.69, 9.17) is 18.9 Å². The first-order valence-electron chi connectivity index (χ1n) is 13.0. The van der Waals surface area contributed by atoms with Gasteiger partial charge < -0.3 is 24.3 Å². The summed E-state index contributed by atoms with van der Waals surface area (Å²) in [5.74, 6) is 1.05. The monoisotopic (exact) mass is 520 g/mol. The van der Waals surface area contributed by atoms with Crippen LogP contribution >= 0.6 is 0 Å². The summed E-state index contributed by atoms with van der Waals surface area (Å²) < 4.78 is 37.0. The SMILES string of the molecule is CC(NC(=O)C(CN(Cc1ccc2c(c1)OCO2)CC1CCCO1)Oc1cccc(F)c1)c1ccccc1. The van der Waals surface area contributed by atoms with E-state index in [1.807, 2.05) is 55.5 Å². The van der Waals surface area contributed by atoms with Gasteiger partial charge in [-0.1, -0.05) is 42.5 Å². The summed E-state index contributed by atoms with van der Waals surface area (Å²) in [6.45, 7) is 4.37. The number of rotatable bonds is 11. The molecule has 3 aromatic rings. The molecule has 200 valence electrons. The van der Waals surface area contributed by atoms with E-state index in [1.54, 1.807) is 12.1 Å². The number of carbonyl (C=O) groups excluding carboxylic acids is 1. The Hall–Kier alpha value is -3.62. The first-order chi connectivity index (χ1) is 18.5. The molecule has 3 atom stereocenters. The first-order valence-corrected chi connectivity index (χ1v) is 13.0. The number of hydrogen-bond acceptors (Lipinski definition) is 6. The van der Waals surface area contributed by atoms with E-state index in [-0.39, 0.29) is 31.4 Å². The van der Waals surface area contributed by atoms with Crippen LogP contribution in [0.3, 0.4) is 0 Å². The molecule has 5 rings (SSSR count). The van der Waals surface area contributed by atoms with Crippen molar-refractivity contribution in [3.8, 4) is 17.2 Å². The zero-order valence-electron chi connectivity index (χ0n) is 21.5. The number of carbonyl (C=O) groups is 1. The van der Waals surface area contributed by atoms with Crippen LogP contribution in [0.4, 0.5) is 4.39 Å². The molecule has 0 radical (unpaired) electrons. The molecule has 2 aliphatic rings. The highest BCUT2D eigenvalue weighted by Crippen LogP contribution is 2.33. The standard InChI is InChI=1S/C30H33FN2O5/c1-21(23-7-3-2-4-8-23)32-30(34)29(38-25-10-5-9-24(31)16-25)19-33(18-26-11-6-14-35-26)17-22-12-13-27-28(15-22)37-20-36-27/h2-5,7-10,12-13,15-16,21,26,29H,6,11,14,17-20H2,1H3,(H,32,34).